The molecule has 7 nitrogen and oxygen atoms in total. The lowest BCUT2D eigenvalue weighted by atomic mass is 10.2. The highest BCUT2D eigenvalue weighted by atomic mass is 16.6. The molecule has 1 rings (SSSR count). The van der Waals surface area contributed by atoms with Crippen LogP contribution in [0.15, 0.2) is 24.3 Å². The van der Waals surface area contributed by atoms with E-state index in [4.69, 9.17) is 29.4 Å². The first-order valence-electron chi connectivity index (χ1n) is 10.3. The summed E-state index contributed by atoms with van der Waals surface area (Å²) < 4.78 is 27.2. The molecule has 0 atom stereocenters. The zero-order valence-electron chi connectivity index (χ0n) is 18.1. The number of hydrogen-bond acceptors (Lipinski definition) is 7. The van der Waals surface area contributed by atoms with Gasteiger partial charge in [-0.1, -0.05) is 0 Å². The number of carbonyl (C=O) groups is 1. The number of rotatable bonds is 16. The summed E-state index contributed by atoms with van der Waals surface area (Å²) in [5.74, 6) is 0.488. The van der Waals surface area contributed by atoms with Gasteiger partial charge in [0.25, 0.3) is 0 Å². The first-order valence-corrected chi connectivity index (χ1v) is 10.3. The Bertz CT molecular complexity index is 541. The Morgan fingerprint density at radius 3 is 1.90 bits per heavy atom. The van der Waals surface area contributed by atoms with Crippen molar-refractivity contribution in [3.05, 3.63) is 24.3 Å². The van der Waals surface area contributed by atoms with Crippen LogP contribution >= 0.6 is 0 Å². The Balaban J connectivity index is 1.78. The predicted octanol–water partition coefficient (Wildman–Crippen LogP) is 3.60. The number of nitrogens with two attached hydrogens (primary N) is 1. The second kappa shape index (κ2) is 15.1. The van der Waals surface area contributed by atoms with Crippen LogP contribution in [0.25, 0.3) is 0 Å². The first kappa shape index (κ1) is 25.2. The summed E-state index contributed by atoms with van der Waals surface area (Å²) in [6, 6.07) is 7.38. The summed E-state index contributed by atoms with van der Waals surface area (Å²) in [5, 5.41) is 0. The predicted molar refractivity (Wildman–Crippen MR) is 113 cm³/mol. The van der Waals surface area contributed by atoms with Crippen molar-refractivity contribution in [2.75, 3.05) is 52.0 Å². The number of unbranched alkanes of at least 4 members (excludes halogenated alkanes) is 1. The highest BCUT2D eigenvalue weighted by Crippen LogP contribution is 2.13. The van der Waals surface area contributed by atoms with Crippen molar-refractivity contribution in [1.29, 1.82) is 0 Å². The molecule has 0 radical (unpaired) electrons. The zero-order valence-corrected chi connectivity index (χ0v) is 18.1. The third kappa shape index (κ3) is 15.7. The molecule has 0 amide bonds. The number of benzene rings is 1. The van der Waals surface area contributed by atoms with Gasteiger partial charge in [0.15, 0.2) is 0 Å². The van der Waals surface area contributed by atoms with Crippen molar-refractivity contribution >= 4 is 11.7 Å². The maximum Gasteiger partial charge on any atom is 0.332 e. The molecular formula is C22H37NO6. The van der Waals surface area contributed by atoms with E-state index in [9.17, 15) is 4.79 Å². The van der Waals surface area contributed by atoms with Crippen molar-refractivity contribution < 1.29 is 28.5 Å². The van der Waals surface area contributed by atoms with Gasteiger partial charge in [0.2, 0.25) is 0 Å². The van der Waals surface area contributed by atoms with E-state index in [0.717, 1.165) is 43.7 Å². The number of hydrogen-bond donors (Lipinski definition) is 1. The fourth-order valence-corrected chi connectivity index (χ4v) is 2.32. The van der Waals surface area contributed by atoms with Crippen LogP contribution in [0.2, 0.25) is 0 Å². The molecule has 0 heterocycles. The molecule has 0 aromatic heterocycles. The van der Waals surface area contributed by atoms with Crippen LogP contribution in [0.4, 0.5) is 5.69 Å². The lowest BCUT2D eigenvalue weighted by Gasteiger charge is -2.19. The van der Waals surface area contributed by atoms with Crippen molar-refractivity contribution in [3.63, 3.8) is 0 Å². The molecule has 1 aromatic rings. The molecular weight excluding hydrogens is 374 g/mol. The number of esters is 1. The normalized spacial score (nSPS) is 11.4. The van der Waals surface area contributed by atoms with E-state index in [1.165, 1.54) is 0 Å². The second-order valence-corrected chi connectivity index (χ2v) is 7.70. The standard InChI is InChI=1S/C22H37NO6/c1-22(2,3)29-21(24)18-27-16-6-14-25-12-4-5-13-26-15-7-17-28-20-10-8-19(23)9-11-20/h8-11H,4-7,12-18,23H2,1-3H3. The van der Waals surface area contributed by atoms with E-state index in [1.54, 1.807) is 0 Å². The Morgan fingerprint density at radius 2 is 1.31 bits per heavy atom. The van der Waals surface area contributed by atoms with Gasteiger partial charge in [-0.2, -0.15) is 0 Å². The molecule has 0 saturated carbocycles. The molecule has 0 aliphatic heterocycles. The Kier molecular flexibility index (Phi) is 13.1. The highest BCUT2D eigenvalue weighted by Gasteiger charge is 2.15. The van der Waals surface area contributed by atoms with Gasteiger partial charge in [0.1, 0.15) is 18.0 Å². The van der Waals surface area contributed by atoms with E-state index in [0.29, 0.717) is 33.0 Å². The lowest BCUT2D eigenvalue weighted by molar-refractivity contribution is -0.160. The topological polar surface area (TPSA) is 89.2 Å². The Hall–Kier alpha value is -1.83. The molecule has 166 valence electrons. The van der Waals surface area contributed by atoms with E-state index in [-0.39, 0.29) is 12.6 Å². The molecule has 0 bridgehead atoms. The van der Waals surface area contributed by atoms with Gasteiger partial charge in [0.05, 0.1) is 6.61 Å². The smallest absolute Gasteiger partial charge is 0.332 e. The number of ether oxygens (including phenoxy) is 5. The van der Waals surface area contributed by atoms with Crippen LogP contribution in [-0.2, 0) is 23.7 Å². The molecule has 0 aliphatic carbocycles. The first-order chi connectivity index (χ1) is 13.9. The van der Waals surface area contributed by atoms with Gasteiger partial charge >= 0.3 is 5.97 Å². The van der Waals surface area contributed by atoms with E-state index in [1.807, 2.05) is 45.0 Å². The van der Waals surface area contributed by atoms with Gasteiger partial charge in [-0.15, -0.1) is 0 Å². The summed E-state index contributed by atoms with van der Waals surface area (Å²) in [6.45, 7) is 9.34. The molecule has 29 heavy (non-hydrogen) atoms. The molecule has 2 N–H and O–H groups in total. The third-order valence-corrected chi connectivity index (χ3v) is 3.63. The average molecular weight is 412 g/mol. The van der Waals surface area contributed by atoms with Crippen molar-refractivity contribution in [3.8, 4) is 5.75 Å². The van der Waals surface area contributed by atoms with E-state index in [2.05, 4.69) is 0 Å². The average Bonchev–Trinajstić information content (AvgIpc) is 2.65. The SMILES string of the molecule is CC(C)(C)OC(=O)COCCCOCCCCOCCCOc1ccc(N)cc1. The molecule has 0 saturated heterocycles. The van der Waals surface area contributed by atoms with E-state index < -0.39 is 5.60 Å². The summed E-state index contributed by atoms with van der Waals surface area (Å²) in [7, 11) is 0. The molecule has 0 aliphatic rings. The third-order valence-electron chi connectivity index (χ3n) is 3.63. The zero-order chi connectivity index (χ0) is 21.4. The molecule has 0 spiro atoms. The fraction of sp³-hybridized carbons (Fsp3) is 0.682. The number of nitrogen functional groups attached to an aromatic ring is 1. The van der Waals surface area contributed by atoms with Gasteiger partial charge in [-0.3, -0.25) is 0 Å². The van der Waals surface area contributed by atoms with Crippen LogP contribution < -0.4 is 10.5 Å². The Labute approximate surface area is 174 Å². The molecule has 0 fully saturated rings. The minimum Gasteiger partial charge on any atom is -0.494 e. The maximum absolute atomic E-state index is 11.5. The second-order valence-electron chi connectivity index (χ2n) is 7.70. The van der Waals surface area contributed by atoms with Crippen LogP contribution in [0.5, 0.6) is 5.75 Å². The van der Waals surface area contributed by atoms with Crippen LogP contribution in [0.1, 0.15) is 46.5 Å². The molecule has 0 unspecified atom stereocenters. The van der Waals surface area contributed by atoms with Crippen LogP contribution in [-0.4, -0.2) is 57.8 Å². The van der Waals surface area contributed by atoms with Crippen LogP contribution in [0.3, 0.4) is 0 Å². The van der Waals surface area contributed by atoms with Gasteiger partial charge in [-0.25, -0.2) is 4.79 Å². The van der Waals surface area contributed by atoms with Crippen LogP contribution in [0, 0.1) is 0 Å². The highest BCUT2D eigenvalue weighted by molar-refractivity contribution is 5.71. The number of carbonyl (C=O) groups excluding carboxylic acids is 1. The quantitative estimate of drug-likeness (QED) is 0.252. The monoisotopic (exact) mass is 411 g/mol. The Morgan fingerprint density at radius 1 is 0.793 bits per heavy atom. The summed E-state index contributed by atoms with van der Waals surface area (Å²) in [6.07, 6.45) is 3.53. The minimum absolute atomic E-state index is 0.0143. The van der Waals surface area contributed by atoms with Crippen molar-refractivity contribution in [2.24, 2.45) is 0 Å². The van der Waals surface area contributed by atoms with Gasteiger partial charge in [0, 0.05) is 45.1 Å². The summed E-state index contributed by atoms with van der Waals surface area (Å²) >= 11 is 0. The van der Waals surface area contributed by atoms with Gasteiger partial charge < -0.3 is 29.4 Å². The fourth-order valence-electron chi connectivity index (χ4n) is 2.32. The van der Waals surface area contributed by atoms with Gasteiger partial charge in [-0.05, 0) is 64.3 Å². The molecule has 7 heteroatoms. The largest absolute Gasteiger partial charge is 0.494 e. The maximum atomic E-state index is 11.5. The number of anilines is 1. The summed E-state index contributed by atoms with van der Waals surface area (Å²) in [5.41, 5.74) is 5.89. The summed E-state index contributed by atoms with van der Waals surface area (Å²) in [4.78, 5) is 11.5. The lowest BCUT2D eigenvalue weighted by Crippen LogP contribution is -2.26. The van der Waals surface area contributed by atoms with Crippen molar-refractivity contribution in [1.82, 2.24) is 0 Å². The van der Waals surface area contributed by atoms with Crippen molar-refractivity contribution in [2.45, 2.75) is 52.1 Å². The molecule has 1 aromatic carbocycles. The van der Waals surface area contributed by atoms with E-state index >= 15 is 0 Å². The minimum atomic E-state index is -0.474.